The first kappa shape index (κ1) is 19.8. The van der Waals surface area contributed by atoms with Crippen molar-refractivity contribution < 1.29 is 14.5 Å². The zero-order chi connectivity index (χ0) is 21.0. The topological polar surface area (TPSA) is 116 Å². The Hall–Kier alpha value is -3.95. The van der Waals surface area contributed by atoms with Gasteiger partial charge in [0.1, 0.15) is 24.7 Å². The van der Waals surface area contributed by atoms with Crippen molar-refractivity contribution in [2.45, 2.75) is 6.04 Å². The molecule has 1 heterocycles. The summed E-state index contributed by atoms with van der Waals surface area (Å²) in [6.07, 6.45) is 9.09. The van der Waals surface area contributed by atoms with Gasteiger partial charge in [0.25, 0.3) is 0 Å². The summed E-state index contributed by atoms with van der Waals surface area (Å²) in [6.45, 7) is 0. The van der Waals surface area contributed by atoms with Crippen LogP contribution in [-0.4, -0.2) is 28.4 Å². The van der Waals surface area contributed by atoms with Gasteiger partial charge >= 0.3 is 5.97 Å². The second-order valence-corrected chi connectivity index (χ2v) is 6.60. The first-order valence-corrected chi connectivity index (χ1v) is 8.97. The average molecular weight is 385 g/mol. The SMILES string of the molecule is C[N+]1=C(/C(C#N)=C/C=C/C=C/c2ccc(N)cc2)C(N)c2cc(C(=O)O)ccc21. The molecule has 144 valence electrons. The Morgan fingerprint density at radius 3 is 2.55 bits per heavy atom. The molecule has 0 saturated heterocycles. The fraction of sp³-hybridized carbons (Fsp3) is 0.0870. The highest BCUT2D eigenvalue weighted by atomic mass is 16.4. The highest BCUT2D eigenvalue weighted by Gasteiger charge is 2.37. The van der Waals surface area contributed by atoms with E-state index in [1.807, 2.05) is 54.1 Å². The molecule has 1 atom stereocenters. The molecule has 6 heteroatoms. The summed E-state index contributed by atoms with van der Waals surface area (Å²) in [5, 5.41) is 18.8. The number of nitrogens with zero attached hydrogens (tertiary/aromatic N) is 2. The van der Waals surface area contributed by atoms with Gasteiger partial charge in [-0.2, -0.15) is 9.84 Å². The van der Waals surface area contributed by atoms with Gasteiger partial charge in [-0.05, 0) is 35.9 Å². The molecule has 1 unspecified atom stereocenters. The van der Waals surface area contributed by atoms with Gasteiger partial charge in [-0.3, -0.25) is 0 Å². The zero-order valence-electron chi connectivity index (χ0n) is 15.9. The van der Waals surface area contributed by atoms with Crippen LogP contribution in [0.25, 0.3) is 6.08 Å². The molecule has 0 aromatic heterocycles. The van der Waals surface area contributed by atoms with Crippen LogP contribution >= 0.6 is 0 Å². The molecule has 2 aromatic rings. The van der Waals surface area contributed by atoms with Crippen molar-refractivity contribution >= 4 is 29.1 Å². The summed E-state index contributed by atoms with van der Waals surface area (Å²) in [5.74, 6) is -1.01. The standard InChI is InChI=1S/C23H20N4O2/c1-27-20-12-9-16(23(28)29)13-19(20)21(26)22(27)17(14-24)6-4-2-3-5-15-7-10-18(25)11-8-15/h2-13,21,25H,26H2,1H3,(H,28,29)/p+1. The molecule has 0 fully saturated rings. The van der Waals surface area contributed by atoms with E-state index in [0.29, 0.717) is 22.5 Å². The third kappa shape index (κ3) is 4.15. The lowest BCUT2D eigenvalue weighted by Gasteiger charge is -2.03. The number of carboxylic acid groups (broad SMARTS) is 1. The molecule has 0 radical (unpaired) electrons. The number of nitrogens with two attached hydrogens (primary N) is 2. The second kappa shape index (κ2) is 8.38. The van der Waals surface area contributed by atoms with E-state index >= 15 is 0 Å². The number of hydrogen-bond acceptors (Lipinski definition) is 4. The van der Waals surface area contributed by atoms with E-state index in [1.54, 1.807) is 24.3 Å². The van der Waals surface area contributed by atoms with E-state index in [2.05, 4.69) is 6.07 Å². The number of aromatic carboxylic acids is 1. The Morgan fingerprint density at radius 2 is 1.90 bits per heavy atom. The number of allylic oxidation sites excluding steroid dienone is 4. The van der Waals surface area contributed by atoms with E-state index in [9.17, 15) is 15.2 Å². The Balaban J connectivity index is 1.82. The van der Waals surface area contributed by atoms with Gasteiger partial charge in [-0.15, -0.1) is 0 Å². The normalized spacial score (nSPS) is 16.4. The molecule has 1 aliphatic heterocycles. The average Bonchev–Trinajstić information content (AvgIpc) is 2.96. The molecule has 0 saturated carbocycles. The van der Waals surface area contributed by atoms with Crippen LogP contribution in [0.2, 0.25) is 0 Å². The fourth-order valence-corrected chi connectivity index (χ4v) is 3.25. The van der Waals surface area contributed by atoms with Crippen LogP contribution in [0.15, 0.2) is 72.3 Å². The van der Waals surface area contributed by atoms with Crippen molar-refractivity contribution in [2.75, 3.05) is 12.8 Å². The van der Waals surface area contributed by atoms with Gasteiger partial charge in [-0.1, -0.05) is 36.4 Å². The number of fused-ring (bicyclic) bond motifs is 1. The summed E-state index contributed by atoms with van der Waals surface area (Å²) in [6, 6.07) is 13.9. The van der Waals surface area contributed by atoms with Crippen molar-refractivity contribution in [1.29, 1.82) is 5.26 Å². The van der Waals surface area contributed by atoms with Crippen molar-refractivity contribution in [3.05, 3.63) is 89.0 Å². The third-order valence-corrected chi connectivity index (χ3v) is 4.73. The maximum atomic E-state index is 11.2. The molecule has 0 spiro atoms. The lowest BCUT2D eigenvalue weighted by atomic mass is 9.98. The fourth-order valence-electron chi connectivity index (χ4n) is 3.25. The minimum atomic E-state index is -1.01. The minimum absolute atomic E-state index is 0.170. The highest BCUT2D eigenvalue weighted by molar-refractivity contribution is 6.07. The number of anilines is 1. The van der Waals surface area contributed by atoms with Crippen LogP contribution in [0.3, 0.4) is 0 Å². The summed E-state index contributed by atoms with van der Waals surface area (Å²) >= 11 is 0. The van der Waals surface area contributed by atoms with Gasteiger partial charge in [0.2, 0.25) is 11.4 Å². The molecule has 29 heavy (non-hydrogen) atoms. The Labute approximate surface area is 169 Å². The van der Waals surface area contributed by atoms with Gasteiger partial charge in [0, 0.05) is 11.8 Å². The maximum absolute atomic E-state index is 11.2. The van der Waals surface area contributed by atoms with E-state index in [4.69, 9.17) is 11.5 Å². The van der Waals surface area contributed by atoms with Crippen LogP contribution in [0.1, 0.15) is 27.5 Å². The quantitative estimate of drug-likeness (QED) is 0.316. The molecule has 0 amide bonds. The Kier molecular flexibility index (Phi) is 5.72. The van der Waals surface area contributed by atoms with E-state index in [1.165, 1.54) is 6.07 Å². The Morgan fingerprint density at radius 1 is 1.17 bits per heavy atom. The second-order valence-electron chi connectivity index (χ2n) is 6.60. The summed E-state index contributed by atoms with van der Waals surface area (Å²) < 4.78 is 1.83. The molecular formula is C23H21N4O2+. The number of benzene rings is 2. The number of carbonyl (C=O) groups is 1. The van der Waals surface area contributed by atoms with Crippen molar-refractivity contribution in [1.82, 2.24) is 0 Å². The lowest BCUT2D eigenvalue weighted by molar-refractivity contribution is -0.401. The smallest absolute Gasteiger partial charge is 0.335 e. The van der Waals surface area contributed by atoms with Gasteiger partial charge in [0.05, 0.1) is 11.1 Å². The molecule has 5 N–H and O–H groups in total. The first-order valence-electron chi connectivity index (χ1n) is 8.97. The summed E-state index contributed by atoms with van der Waals surface area (Å²) in [7, 11) is 1.82. The lowest BCUT2D eigenvalue weighted by Crippen LogP contribution is -2.23. The molecular weight excluding hydrogens is 364 g/mol. The summed E-state index contributed by atoms with van der Waals surface area (Å²) in [5.41, 5.74) is 16.4. The maximum Gasteiger partial charge on any atom is 0.335 e. The molecule has 6 nitrogen and oxygen atoms in total. The molecule has 2 aromatic carbocycles. The van der Waals surface area contributed by atoms with Crippen molar-refractivity contribution in [2.24, 2.45) is 5.73 Å². The predicted molar refractivity (Wildman–Crippen MR) is 114 cm³/mol. The van der Waals surface area contributed by atoms with Gasteiger partial charge < -0.3 is 16.6 Å². The number of hydrogen-bond donors (Lipinski definition) is 3. The predicted octanol–water partition coefficient (Wildman–Crippen LogP) is 3.41. The van der Waals surface area contributed by atoms with Gasteiger partial charge in [-0.25, -0.2) is 4.79 Å². The monoisotopic (exact) mass is 385 g/mol. The minimum Gasteiger partial charge on any atom is -0.478 e. The zero-order valence-corrected chi connectivity index (χ0v) is 15.9. The van der Waals surface area contributed by atoms with Crippen LogP contribution in [0.5, 0.6) is 0 Å². The van der Waals surface area contributed by atoms with E-state index in [-0.39, 0.29) is 5.56 Å². The van der Waals surface area contributed by atoms with E-state index < -0.39 is 12.0 Å². The molecule has 0 bridgehead atoms. The van der Waals surface area contributed by atoms with Crippen LogP contribution in [-0.2, 0) is 0 Å². The van der Waals surface area contributed by atoms with Crippen LogP contribution < -0.4 is 11.5 Å². The summed E-state index contributed by atoms with van der Waals surface area (Å²) in [4.78, 5) is 11.2. The van der Waals surface area contributed by atoms with E-state index in [0.717, 1.165) is 11.3 Å². The number of nitrogen functional groups attached to an aromatic ring is 1. The van der Waals surface area contributed by atoms with Gasteiger partial charge in [0.15, 0.2) is 0 Å². The molecule has 3 rings (SSSR count). The molecule has 1 aliphatic rings. The largest absolute Gasteiger partial charge is 0.478 e. The Bertz CT molecular complexity index is 1120. The van der Waals surface area contributed by atoms with Crippen LogP contribution in [0, 0.1) is 11.3 Å². The first-order chi connectivity index (χ1) is 13.9. The van der Waals surface area contributed by atoms with Crippen molar-refractivity contribution in [3.8, 4) is 6.07 Å². The van der Waals surface area contributed by atoms with Crippen LogP contribution in [0.4, 0.5) is 11.4 Å². The molecule has 0 aliphatic carbocycles. The number of nitriles is 1. The number of rotatable bonds is 5. The number of carboxylic acids is 1. The van der Waals surface area contributed by atoms with Crippen molar-refractivity contribution in [3.63, 3.8) is 0 Å². The highest BCUT2D eigenvalue weighted by Crippen LogP contribution is 2.34. The third-order valence-electron chi connectivity index (χ3n) is 4.73.